The minimum absolute atomic E-state index is 0.0701. The van der Waals surface area contributed by atoms with Gasteiger partial charge in [0, 0.05) is 65.8 Å². The summed E-state index contributed by atoms with van der Waals surface area (Å²) >= 11 is 0. The summed E-state index contributed by atoms with van der Waals surface area (Å²) in [5.74, 6) is 0.240. The van der Waals surface area contributed by atoms with Gasteiger partial charge in [0.1, 0.15) is 11.6 Å². The highest BCUT2D eigenvalue weighted by atomic mass is 16.1. The Labute approximate surface area is 170 Å². The van der Waals surface area contributed by atoms with Crippen LogP contribution in [0.1, 0.15) is 59.1 Å². The van der Waals surface area contributed by atoms with Crippen molar-refractivity contribution in [3.8, 4) is 0 Å². The Morgan fingerprint density at radius 1 is 0.966 bits per heavy atom. The Morgan fingerprint density at radius 3 is 2.28 bits per heavy atom. The van der Waals surface area contributed by atoms with Crippen LogP contribution in [-0.2, 0) is 36.5 Å². The first-order chi connectivity index (χ1) is 13.7. The fraction of sp³-hybridized carbons (Fsp3) is 0.476. The summed E-state index contributed by atoms with van der Waals surface area (Å²) < 4.78 is 3.33. The molecule has 2 heterocycles. The van der Waals surface area contributed by atoms with Crippen LogP contribution in [0.3, 0.4) is 0 Å². The van der Waals surface area contributed by atoms with E-state index in [2.05, 4.69) is 10.3 Å². The fourth-order valence-corrected chi connectivity index (χ4v) is 3.14. The second-order valence-corrected chi connectivity index (χ2v) is 7.33. The molecule has 0 radical (unpaired) electrons. The zero-order valence-electron chi connectivity index (χ0n) is 17.4. The Hall–Kier alpha value is -2.87. The van der Waals surface area contributed by atoms with E-state index in [-0.39, 0.29) is 36.0 Å². The maximum absolute atomic E-state index is 12.6. The van der Waals surface area contributed by atoms with Crippen LogP contribution < -0.4 is 5.32 Å². The highest BCUT2D eigenvalue weighted by Crippen LogP contribution is 2.13. The summed E-state index contributed by atoms with van der Waals surface area (Å²) in [6.45, 7) is 4.08. The Kier molecular flexibility index (Phi) is 7.78. The van der Waals surface area contributed by atoms with E-state index in [1.54, 1.807) is 41.7 Å². The normalized spacial score (nSPS) is 10.9. The minimum atomic E-state index is -0.151. The molecule has 0 saturated heterocycles. The van der Waals surface area contributed by atoms with E-state index < -0.39 is 0 Å². The molecular weight excluding hydrogens is 372 g/mol. The lowest BCUT2D eigenvalue weighted by Gasteiger charge is -2.02. The van der Waals surface area contributed by atoms with Gasteiger partial charge in [-0.3, -0.25) is 19.2 Å². The average molecular weight is 400 g/mol. The van der Waals surface area contributed by atoms with Crippen molar-refractivity contribution in [3.05, 3.63) is 41.2 Å². The van der Waals surface area contributed by atoms with Crippen LogP contribution in [0.5, 0.6) is 0 Å². The number of nitrogens with one attached hydrogen (secondary N) is 1. The number of aromatic nitrogens is 3. The largest absolute Gasteiger partial charge is 0.348 e. The van der Waals surface area contributed by atoms with Crippen LogP contribution in [-0.4, -0.2) is 50.3 Å². The first kappa shape index (κ1) is 22.4. The van der Waals surface area contributed by atoms with Crippen LogP contribution in [0.2, 0.25) is 0 Å². The highest BCUT2D eigenvalue weighted by Gasteiger charge is 2.17. The van der Waals surface area contributed by atoms with Crippen molar-refractivity contribution >= 4 is 23.1 Å². The predicted molar refractivity (Wildman–Crippen MR) is 108 cm³/mol. The van der Waals surface area contributed by atoms with Crippen molar-refractivity contribution in [2.24, 2.45) is 14.1 Å². The Bertz CT molecular complexity index is 923. The summed E-state index contributed by atoms with van der Waals surface area (Å²) in [5, 5.41) is 3.08. The van der Waals surface area contributed by atoms with E-state index in [9.17, 15) is 19.2 Å². The number of Topliss-reactive ketones (excluding diaryl/α,β-unsaturated/α-hetero) is 4. The molecule has 8 nitrogen and oxygen atoms in total. The lowest BCUT2D eigenvalue weighted by molar-refractivity contribution is -0.118. The van der Waals surface area contributed by atoms with Gasteiger partial charge in [0.05, 0.1) is 17.8 Å². The third-order valence-electron chi connectivity index (χ3n) is 4.57. The highest BCUT2D eigenvalue weighted by molar-refractivity contribution is 5.97. The number of nitrogens with zero attached hydrogens (tertiary/aromatic N) is 3. The second kappa shape index (κ2) is 10.1. The van der Waals surface area contributed by atoms with E-state index >= 15 is 0 Å². The number of ketones is 4. The number of hydrogen-bond acceptors (Lipinski definition) is 6. The van der Waals surface area contributed by atoms with Crippen LogP contribution in [0.15, 0.2) is 18.5 Å². The monoisotopic (exact) mass is 400 g/mol. The molecule has 0 aliphatic carbocycles. The van der Waals surface area contributed by atoms with Gasteiger partial charge >= 0.3 is 0 Å². The fourth-order valence-electron chi connectivity index (χ4n) is 3.14. The molecule has 2 aromatic rings. The topological polar surface area (TPSA) is 103 Å². The van der Waals surface area contributed by atoms with Crippen LogP contribution in [0.4, 0.5) is 0 Å². The molecule has 0 fully saturated rings. The molecule has 0 amide bonds. The summed E-state index contributed by atoms with van der Waals surface area (Å²) in [6, 6.07) is 1.73. The van der Waals surface area contributed by atoms with E-state index in [1.165, 1.54) is 13.8 Å². The average Bonchev–Trinajstić information content (AvgIpc) is 3.16. The zero-order valence-corrected chi connectivity index (χ0v) is 17.4. The van der Waals surface area contributed by atoms with Gasteiger partial charge in [0.2, 0.25) is 0 Å². The smallest absolute Gasteiger partial charge is 0.195 e. The van der Waals surface area contributed by atoms with E-state index in [0.29, 0.717) is 43.1 Å². The Balaban J connectivity index is 1.91. The molecule has 0 spiro atoms. The van der Waals surface area contributed by atoms with Crippen molar-refractivity contribution < 1.29 is 19.2 Å². The molecule has 8 heteroatoms. The van der Waals surface area contributed by atoms with Crippen LogP contribution in [0, 0.1) is 0 Å². The molecule has 0 atom stereocenters. The zero-order chi connectivity index (χ0) is 21.6. The van der Waals surface area contributed by atoms with Crippen LogP contribution in [0.25, 0.3) is 0 Å². The van der Waals surface area contributed by atoms with Gasteiger partial charge in [-0.15, -0.1) is 0 Å². The first-order valence-corrected chi connectivity index (χ1v) is 9.60. The van der Waals surface area contributed by atoms with Gasteiger partial charge in [-0.1, -0.05) is 0 Å². The van der Waals surface area contributed by atoms with Gasteiger partial charge in [-0.2, -0.15) is 0 Å². The molecule has 1 N–H and O–H groups in total. The van der Waals surface area contributed by atoms with Crippen LogP contribution >= 0.6 is 0 Å². The molecule has 29 heavy (non-hydrogen) atoms. The standard InChI is InChI=1S/C21H28N4O4/c1-14(26)5-7-22-8-6-18(28)9-16-10-19(24(3)12-16)20(29)11-17-13-25(4)21(23-17)15(2)27/h10,12-13,22H,5-9,11H2,1-4H3. The maximum atomic E-state index is 12.6. The molecule has 0 aliphatic rings. The minimum Gasteiger partial charge on any atom is -0.348 e. The summed E-state index contributed by atoms with van der Waals surface area (Å²) in [6.07, 6.45) is 4.65. The second-order valence-electron chi connectivity index (χ2n) is 7.33. The summed E-state index contributed by atoms with van der Waals surface area (Å²) in [7, 11) is 3.49. The number of rotatable bonds is 12. The summed E-state index contributed by atoms with van der Waals surface area (Å²) in [4.78, 5) is 51.4. The summed E-state index contributed by atoms with van der Waals surface area (Å²) in [5.41, 5.74) is 1.83. The number of carbonyl (C=O) groups is 4. The molecule has 0 unspecified atom stereocenters. The number of imidazole rings is 1. The van der Waals surface area contributed by atoms with Crippen molar-refractivity contribution in [1.82, 2.24) is 19.4 Å². The molecule has 0 saturated carbocycles. The van der Waals surface area contributed by atoms with Crippen molar-refractivity contribution in [1.29, 1.82) is 0 Å². The lowest BCUT2D eigenvalue weighted by Crippen LogP contribution is -2.21. The number of hydrogen-bond donors (Lipinski definition) is 1. The quantitative estimate of drug-likeness (QED) is 0.427. The molecule has 0 aromatic carbocycles. The third kappa shape index (κ3) is 6.60. The van der Waals surface area contributed by atoms with Gasteiger partial charge in [-0.25, -0.2) is 4.98 Å². The van der Waals surface area contributed by atoms with E-state index in [0.717, 1.165) is 5.56 Å². The molecule has 0 aliphatic heterocycles. The molecule has 2 rings (SSSR count). The Morgan fingerprint density at radius 2 is 1.66 bits per heavy atom. The maximum Gasteiger partial charge on any atom is 0.195 e. The van der Waals surface area contributed by atoms with Gasteiger partial charge in [-0.05, 0) is 18.6 Å². The molecule has 2 aromatic heterocycles. The van der Waals surface area contributed by atoms with Gasteiger partial charge < -0.3 is 14.5 Å². The number of carbonyl (C=O) groups excluding carboxylic acids is 4. The van der Waals surface area contributed by atoms with E-state index in [4.69, 9.17) is 0 Å². The first-order valence-electron chi connectivity index (χ1n) is 9.60. The van der Waals surface area contributed by atoms with Gasteiger partial charge in [0.25, 0.3) is 0 Å². The van der Waals surface area contributed by atoms with E-state index in [1.807, 2.05) is 0 Å². The lowest BCUT2D eigenvalue weighted by atomic mass is 10.1. The third-order valence-corrected chi connectivity index (χ3v) is 4.57. The van der Waals surface area contributed by atoms with Crippen molar-refractivity contribution in [2.45, 2.75) is 39.5 Å². The molecular formula is C21H28N4O4. The molecule has 156 valence electrons. The number of aryl methyl sites for hydroxylation is 2. The predicted octanol–water partition coefficient (Wildman–Crippen LogP) is 1.46. The SMILES string of the molecule is CC(=O)CCNCCC(=O)Cc1cc(C(=O)Cc2cn(C)c(C(C)=O)n2)n(C)c1. The molecule has 0 bridgehead atoms. The van der Waals surface area contributed by atoms with Crippen molar-refractivity contribution in [2.75, 3.05) is 13.1 Å². The van der Waals surface area contributed by atoms with Crippen molar-refractivity contribution in [3.63, 3.8) is 0 Å². The van der Waals surface area contributed by atoms with Gasteiger partial charge in [0.15, 0.2) is 17.4 Å².